The van der Waals surface area contributed by atoms with Crippen LogP contribution in [0.25, 0.3) is 38.9 Å². The van der Waals surface area contributed by atoms with Gasteiger partial charge in [0.2, 0.25) is 0 Å². The van der Waals surface area contributed by atoms with Crippen LogP contribution in [0.2, 0.25) is 0 Å². The smallest absolute Gasteiger partial charge is 0.159 e. The molecule has 0 aliphatic heterocycles. The summed E-state index contributed by atoms with van der Waals surface area (Å²) >= 11 is 0. The zero-order chi connectivity index (χ0) is 17.5. The number of nitrogens with zero attached hydrogens (tertiary/aromatic N) is 3. The van der Waals surface area contributed by atoms with Crippen LogP contribution in [-0.4, -0.2) is 14.5 Å². The molecule has 3 aromatic carbocycles. The second-order valence-electron chi connectivity index (χ2n) is 5.89. The van der Waals surface area contributed by atoms with Crippen molar-refractivity contribution in [1.82, 2.24) is 14.5 Å². The summed E-state index contributed by atoms with van der Waals surface area (Å²) in [6.07, 6.45) is 3.41. The van der Waals surface area contributed by atoms with Gasteiger partial charge >= 0.3 is 0 Å². The standard InChI is InChI=1S/C22H15N3/c1-3-11-20-18(9-1)19-10-2-4-12-21(19)25(20)17-8-5-7-16(15-17)22-23-13-6-14-24-22/h1-15H/i15D. The third-order valence-corrected chi connectivity index (χ3v) is 4.41. The van der Waals surface area contributed by atoms with E-state index in [1.54, 1.807) is 18.5 Å². The highest BCUT2D eigenvalue weighted by atomic mass is 15.0. The SMILES string of the molecule is [2H]c1c(-c2ncccn2)cccc1-n1c2ccccc2c2ccccc21. The van der Waals surface area contributed by atoms with Crippen LogP contribution < -0.4 is 0 Å². The number of hydrogen-bond acceptors (Lipinski definition) is 2. The van der Waals surface area contributed by atoms with Gasteiger partial charge in [0.1, 0.15) is 0 Å². The predicted molar refractivity (Wildman–Crippen MR) is 102 cm³/mol. The van der Waals surface area contributed by atoms with Crippen LogP contribution >= 0.6 is 0 Å². The highest BCUT2D eigenvalue weighted by Gasteiger charge is 2.12. The third kappa shape index (κ3) is 2.21. The number of fused-ring (bicyclic) bond motifs is 3. The number of aromatic nitrogens is 3. The largest absolute Gasteiger partial charge is 0.309 e. The molecule has 2 aromatic heterocycles. The molecule has 0 amide bonds. The van der Waals surface area contributed by atoms with Gasteiger partial charge in [-0.25, -0.2) is 9.97 Å². The maximum atomic E-state index is 8.81. The maximum absolute atomic E-state index is 8.81. The van der Waals surface area contributed by atoms with Gasteiger partial charge in [-0.05, 0) is 30.3 Å². The fourth-order valence-electron chi connectivity index (χ4n) is 3.34. The molecule has 3 heteroatoms. The van der Waals surface area contributed by atoms with E-state index in [1.165, 1.54) is 10.8 Å². The molecular weight excluding hydrogens is 306 g/mol. The van der Waals surface area contributed by atoms with Gasteiger partial charge in [-0.3, -0.25) is 0 Å². The Balaban J connectivity index is 1.87. The first kappa shape index (κ1) is 12.9. The van der Waals surface area contributed by atoms with Crippen LogP contribution in [0, 0.1) is 0 Å². The average molecular weight is 322 g/mol. The minimum Gasteiger partial charge on any atom is -0.309 e. The minimum atomic E-state index is 0.421. The molecule has 118 valence electrons. The molecule has 0 aliphatic carbocycles. The van der Waals surface area contributed by atoms with Gasteiger partial charge in [0.05, 0.1) is 12.4 Å². The van der Waals surface area contributed by atoms with E-state index >= 15 is 0 Å². The van der Waals surface area contributed by atoms with Crippen molar-refractivity contribution >= 4 is 21.8 Å². The van der Waals surface area contributed by atoms with Crippen molar-refractivity contribution in [3.05, 3.63) is 91.2 Å². The Labute approximate surface area is 146 Å². The van der Waals surface area contributed by atoms with E-state index in [2.05, 4.69) is 50.9 Å². The molecule has 0 spiro atoms. The van der Waals surface area contributed by atoms with Crippen molar-refractivity contribution in [2.45, 2.75) is 0 Å². The zero-order valence-electron chi connectivity index (χ0n) is 14.4. The highest BCUT2D eigenvalue weighted by Crippen LogP contribution is 2.32. The normalized spacial score (nSPS) is 11.8. The van der Waals surface area contributed by atoms with E-state index in [9.17, 15) is 0 Å². The van der Waals surface area contributed by atoms with E-state index in [-0.39, 0.29) is 0 Å². The molecule has 0 N–H and O–H groups in total. The van der Waals surface area contributed by atoms with E-state index in [0.29, 0.717) is 11.9 Å². The van der Waals surface area contributed by atoms with Crippen molar-refractivity contribution in [2.75, 3.05) is 0 Å². The Hall–Kier alpha value is -3.46. The zero-order valence-corrected chi connectivity index (χ0v) is 13.4. The Morgan fingerprint density at radius 3 is 2.00 bits per heavy atom. The van der Waals surface area contributed by atoms with E-state index in [4.69, 9.17) is 1.37 Å². The summed E-state index contributed by atoms with van der Waals surface area (Å²) in [6.45, 7) is 0. The fourth-order valence-corrected chi connectivity index (χ4v) is 3.34. The van der Waals surface area contributed by atoms with Gasteiger partial charge in [-0.15, -0.1) is 0 Å². The molecule has 0 saturated carbocycles. The second kappa shape index (κ2) is 5.56. The van der Waals surface area contributed by atoms with Crippen LogP contribution in [0.15, 0.2) is 91.2 Å². The number of hydrogen-bond donors (Lipinski definition) is 0. The molecule has 0 bridgehead atoms. The highest BCUT2D eigenvalue weighted by molar-refractivity contribution is 6.09. The molecule has 0 aliphatic rings. The number of para-hydroxylation sites is 2. The van der Waals surface area contributed by atoms with Gasteiger partial charge in [-0.2, -0.15) is 0 Å². The summed E-state index contributed by atoms with van der Waals surface area (Å²) < 4.78 is 11.0. The molecule has 5 aromatic rings. The van der Waals surface area contributed by atoms with Crippen LogP contribution in [0.1, 0.15) is 1.37 Å². The summed E-state index contributed by atoms with van der Waals surface area (Å²) in [4.78, 5) is 8.63. The summed E-state index contributed by atoms with van der Waals surface area (Å²) in [5.41, 5.74) is 3.74. The Kier molecular flexibility index (Phi) is 2.87. The van der Waals surface area contributed by atoms with E-state index in [1.807, 2.05) is 30.3 Å². The van der Waals surface area contributed by atoms with Crippen molar-refractivity contribution in [3.8, 4) is 17.1 Å². The first-order chi connectivity index (χ1) is 12.8. The molecule has 0 saturated heterocycles. The van der Waals surface area contributed by atoms with Gasteiger partial charge in [0, 0.05) is 34.4 Å². The molecule has 3 nitrogen and oxygen atoms in total. The average Bonchev–Trinajstić information content (AvgIpc) is 3.03. The third-order valence-electron chi connectivity index (χ3n) is 4.41. The molecule has 2 heterocycles. The first-order valence-electron chi connectivity index (χ1n) is 8.70. The van der Waals surface area contributed by atoms with Gasteiger partial charge < -0.3 is 4.57 Å². The Morgan fingerprint density at radius 2 is 1.32 bits per heavy atom. The maximum Gasteiger partial charge on any atom is 0.159 e. The van der Waals surface area contributed by atoms with Gasteiger partial charge in [0.25, 0.3) is 0 Å². The Morgan fingerprint density at radius 1 is 0.680 bits per heavy atom. The van der Waals surface area contributed by atoms with Crippen LogP contribution in [0.5, 0.6) is 0 Å². The Bertz CT molecular complexity index is 1190. The van der Waals surface area contributed by atoms with Crippen molar-refractivity contribution < 1.29 is 1.37 Å². The summed E-state index contributed by atoms with van der Waals surface area (Å²) in [7, 11) is 0. The molecule has 0 unspecified atom stereocenters. The van der Waals surface area contributed by atoms with E-state index < -0.39 is 0 Å². The quantitative estimate of drug-likeness (QED) is 0.445. The molecule has 0 radical (unpaired) electrons. The topological polar surface area (TPSA) is 30.7 Å². The fraction of sp³-hybridized carbons (Fsp3) is 0. The molecule has 25 heavy (non-hydrogen) atoms. The molecule has 0 fully saturated rings. The van der Waals surface area contributed by atoms with E-state index in [0.717, 1.165) is 22.3 Å². The lowest BCUT2D eigenvalue weighted by Crippen LogP contribution is -1.95. The lowest BCUT2D eigenvalue weighted by Gasteiger charge is -2.09. The second-order valence-corrected chi connectivity index (χ2v) is 5.89. The lowest BCUT2D eigenvalue weighted by atomic mass is 10.2. The minimum absolute atomic E-state index is 0.421. The summed E-state index contributed by atoms with van der Waals surface area (Å²) in [5, 5.41) is 2.37. The first-order valence-corrected chi connectivity index (χ1v) is 8.20. The van der Waals surface area contributed by atoms with Crippen molar-refractivity contribution in [3.63, 3.8) is 0 Å². The van der Waals surface area contributed by atoms with Crippen molar-refractivity contribution in [2.24, 2.45) is 0 Å². The van der Waals surface area contributed by atoms with Crippen molar-refractivity contribution in [1.29, 1.82) is 0 Å². The summed E-state index contributed by atoms with van der Waals surface area (Å²) in [5.74, 6) is 0.570. The van der Waals surface area contributed by atoms with Crippen LogP contribution in [0.4, 0.5) is 0 Å². The molecule has 5 rings (SSSR count). The van der Waals surface area contributed by atoms with Gasteiger partial charge in [-0.1, -0.05) is 48.5 Å². The number of benzene rings is 3. The molecule has 0 atom stereocenters. The monoisotopic (exact) mass is 322 g/mol. The summed E-state index contributed by atoms with van der Waals surface area (Å²) in [6, 6.07) is 24.7. The molecular formula is C22H15N3. The number of rotatable bonds is 2. The van der Waals surface area contributed by atoms with Gasteiger partial charge in [0.15, 0.2) is 5.82 Å². The lowest BCUT2D eigenvalue weighted by molar-refractivity contribution is 1.15. The predicted octanol–water partition coefficient (Wildman–Crippen LogP) is 5.24. The van der Waals surface area contributed by atoms with Crippen LogP contribution in [-0.2, 0) is 0 Å². The van der Waals surface area contributed by atoms with Crippen LogP contribution in [0.3, 0.4) is 0 Å².